The van der Waals surface area contributed by atoms with Crippen LogP contribution in [0.5, 0.6) is 0 Å². The van der Waals surface area contributed by atoms with Crippen molar-refractivity contribution in [2.45, 2.75) is 65.3 Å². The van der Waals surface area contributed by atoms with Crippen LogP contribution in [-0.4, -0.2) is 34.8 Å². The van der Waals surface area contributed by atoms with Gasteiger partial charge in [0, 0.05) is 17.8 Å². The van der Waals surface area contributed by atoms with E-state index in [9.17, 15) is 4.79 Å². The lowest BCUT2D eigenvalue weighted by atomic mass is 9.79. The minimum absolute atomic E-state index is 0.00790. The molecular formula is C19H27BN2O3. The third-order valence-electron chi connectivity index (χ3n) is 5.09. The number of hydrogen-bond donors (Lipinski definition) is 1. The molecule has 1 fully saturated rings. The van der Waals surface area contributed by atoms with Crippen molar-refractivity contribution in [1.29, 1.82) is 0 Å². The molecule has 1 aliphatic rings. The van der Waals surface area contributed by atoms with Crippen molar-refractivity contribution in [3.63, 3.8) is 0 Å². The zero-order chi connectivity index (χ0) is 18.4. The van der Waals surface area contributed by atoms with Gasteiger partial charge >= 0.3 is 7.12 Å². The summed E-state index contributed by atoms with van der Waals surface area (Å²) in [6.07, 6.45) is 1.94. The first kappa shape index (κ1) is 18.0. The SMILES string of the molecule is CC(C)NC(=O)Cn1ccc2ccc(B3OC(C)(C)C(C)(C)O3)cc21. The van der Waals surface area contributed by atoms with Crippen LogP contribution in [0, 0.1) is 0 Å². The first-order valence-corrected chi connectivity index (χ1v) is 8.83. The maximum absolute atomic E-state index is 12.1. The first-order chi connectivity index (χ1) is 11.6. The minimum atomic E-state index is -0.401. The van der Waals surface area contributed by atoms with Gasteiger partial charge in [-0.25, -0.2) is 0 Å². The normalized spacial score (nSPS) is 18.9. The van der Waals surface area contributed by atoms with Crippen LogP contribution in [0.4, 0.5) is 0 Å². The van der Waals surface area contributed by atoms with Gasteiger partial charge in [0.25, 0.3) is 0 Å². The molecule has 3 rings (SSSR count). The van der Waals surface area contributed by atoms with Gasteiger partial charge in [-0.2, -0.15) is 0 Å². The topological polar surface area (TPSA) is 52.5 Å². The van der Waals surface area contributed by atoms with Crippen LogP contribution in [0.1, 0.15) is 41.5 Å². The number of benzene rings is 1. The number of nitrogens with one attached hydrogen (secondary N) is 1. The highest BCUT2D eigenvalue weighted by Crippen LogP contribution is 2.36. The third kappa shape index (κ3) is 3.46. The fraction of sp³-hybridized carbons (Fsp3) is 0.526. The molecule has 0 radical (unpaired) electrons. The Morgan fingerprint density at radius 2 is 1.80 bits per heavy atom. The lowest BCUT2D eigenvalue weighted by Crippen LogP contribution is -2.41. The van der Waals surface area contributed by atoms with Gasteiger partial charge in [-0.15, -0.1) is 0 Å². The molecule has 1 aliphatic heterocycles. The Balaban J connectivity index is 1.87. The quantitative estimate of drug-likeness (QED) is 0.869. The number of aromatic nitrogens is 1. The molecule has 0 saturated carbocycles. The molecule has 0 atom stereocenters. The number of hydrogen-bond acceptors (Lipinski definition) is 3. The van der Waals surface area contributed by atoms with E-state index >= 15 is 0 Å². The van der Waals surface area contributed by atoms with E-state index in [4.69, 9.17) is 9.31 Å². The smallest absolute Gasteiger partial charge is 0.399 e. The first-order valence-electron chi connectivity index (χ1n) is 8.83. The van der Waals surface area contributed by atoms with Crippen molar-refractivity contribution in [2.75, 3.05) is 0 Å². The van der Waals surface area contributed by atoms with Gasteiger partial charge in [0.1, 0.15) is 6.54 Å². The summed E-state index contributed by atoms with van der Waals surface area (Å²) in [5.74, 6) is 0.00790. The van der Waals surface area contributed by atoms with Gasteiger partial charge in [-0.05, 0) is 64.5 Å². The molecule has 1 aromatic carbocycles. The van der Waals surface area contributed by atoms with Crippen molar-refractivity contribution >= 4 is 29.4 Å². The minimum Gasteiger partial charge on any atom is -0.399 e. The summed E-state index contributed by atoms with van der Waals surface area (Å²) in [5.41, 5.74) is 1.24. The number of amides is 1. The van der Waals surface area contributed by atoms with E-state index < -0.39 is 7.12 Å². The van der Waals surface area contributed by atoms with E-state index in [-0.39, 0.29) is 23.2 Å². The lowest BCUT2D eigenvalue weighted by Gasteiger charge is -2.32. The van der Waals surface area contributed by atoms with Crippen LogP contribution in [0.3, 0.4) is 0 Å². The fourth-order valence-corrected chi connectivity index (χ4v) is 2.99. The maximum Gasteiger partial charge on any atom is 0.494 e. The van der Waals surface area contributed by atoms with E-state index in [1.54, 1.807) is 0 Å². The molecular weight excluding hydrogens is 315 g/mol. The van der Waals surface area contributed by atoms with Crippen LogP contribution in [0.15, 0.2) is 30.5 Å². The van der Waals surface area contributed by atoms with Gasteiger partial charge in [0.15, 0.2) is 0 Å². The van der Waals surface area contributed by atoms with Gasteiger partial charge in [-0.3, -0.25) is 4.79 Å². The van der Waals surface area contributed by atoms with Crippen LogP contribution >= 0.6 is 0 Å². The monoisotopic (exact) mass is 342 g/mol. The molecule has 0 aliphatic carbocycles. The Bertz CT molecular complexity index is 779. The largest absolute Gasteiger partial charge is 0.494 e. The molecule has 134 valence electrons. The number of nitrogens with zero attached hydrogens (tertiary/aromatic N) is 1. The molecule has 6 heteroatoms. The Hall–Kier alpha value is -1.79. The van der Waals surface area contributed by atoms with E-state index in [2.05, 4.69) is 11.4 Å². The molecule has 2 heterocycles. The highest BCUT2D eigenvalue weighted by atomic mass is 16.7. The van der Waals surface area contributed by atoms with Gasteiger partial charge in [0.2, 0.25) is 5.91 Å². The molecule has 5 nitrogen and oxygen atoms in total. The summed E-state index contributed by atoms with van der Waals surface area (Å²) in [6.45, 7) is 12.4. The third-order valence-corrected chi connectivity index (χ3v) is 5.09. The molecule has 0 bridgehead atoms. The standard InChI is InChI=1S/C19H27BN2O3/c1-13(2)21-17(23)12-22-10-9-14-7-8-15(11-16(14)22)20-24-18(3,4)19(5,6)25-20/h7-11,13H,12H2,1-6H3,(H,21,23). The summed E-state index contributed by atoms with van der Waals surface area (Å²) in [5, 5.41) is 4.02. The predicted molar refractivity (Wildman–Crippen MR) is 101 cm³/mol. The summed E-state index contributed by atoms with van der Waals surface area (Å²) < 4.78 is 14.2. The highest BCUT2D eigenvalue weighted by molar-refractivity contribution is 6.62. The predicted octanol–water partition coefficient (Wildman–Crippen LogP) is 2.47. The molecule has 2 aromatic rings. The molecule has 1 N–H and O–H groups in total. The van der Waals surface area contributed by atoms with Crippen molar-refractivity contribution in [3.8, 4) is 0 Å². The molecule has 0 spiro atoms. The second-order valence-corrected chi connectivity index (χ2v) is 8.07. The Morgan fingerprint density at radius 1 is 1.16 bits per heavy atom. The number of fused-ring (bicyclic) bond motifs is 1. The second-order valence-electron chi connectivity index (χ2n) is 8.07. The Labute approximate surface area is 149 Å². The maximum atomic E-state index is 12.1. The summed E-state index contributed by atoms with van der Waals surface area (Å²) in [7, 11) is -0.401. The Morgan fingerprint density at radius 3 is 2.40 bits per heavy atom. The van der Waals surface area contributed by atoms with Gasteiger partial charge in [0.05, 0.1) is 11.2 Å². The van der Waals surface area contributed by atoms with Crippen molar-refractivity contribution < 1.29 is 14.1 Å². The molecule has 1 saturated heterocycles. The van der Waals surface area contributed by atoms with Crippen LogP contribution in [0.2, 0.25) is 0 Å². The Kier molecular flexibility index (Phi) is 4.46. The highest BCUT2D eigenvalue weighted by Gasteiger charge is 2.51. The van der Waals surface area contributed by atoms with Crippen LogP contribution in [-0.2, 0) is 20.6 Å². The number of carbonyl (C=O) groups excluding carboxylic acids is 1. The summed E-state index contributed by atoms with van der Waals surface area (Å²) in [6, 6.07) is 8.29. The molecule has 0 unspecified atom stereocenters. The van der Waals surface area contributed by atoms with E-state index in [1.807, 2.05) is 70.5 Å². The fourth-order valence-electron chi connectivity index (χ4n) is 2.99. The van der Waals surface area contributed by atoms with Crippen molar-refractivity contribution in [1.82, 2.24) is 9.88 Å². The zero-order valence-electron chi connectivity index (χ0n) is 15.9. The molecule has 25 heavy (non-hydrogen) atoms. The summed E-state index contributed by atoms with van der Waals surface area (Å²) in [4.78, 5) is 12.1. The van der Waals surface area contributed by atoms with E-state index in [0.29, 0.717) is 6.54 Å². The van der Waals surface area contributed by atoms with Gasteiger partial charge in [-0.1, -0.05) is 12.1 Å². The average molecular weight is 342 g/mol. The van der Waals surface area contributed by atoms with Gasteiger partial charge < -0.3 is 19.2 Å². The lowest BCUT2D eigenvalue weighted by molar-refractivity contribution is -0.122. The van der Waals surface area contributed by atoms with E-state index in [1.165, 1.54) is 0 Å². The van der Waals surface area contributed by atoms with E-state index in [0.717, 1.165) is 16.4 Å². The number of rotatable bonds is 4. The van der Waals surface area contributed by atoms with Crippen molar-refractivity contribution in [3.05, 3.63) is 30.5 Å². The van der Waals surface area contributed by atoms with Crippen LogP contribution in [0.25, 0.3) is 10.9 Å². The zero-order valence-corrected chi connectivity index (χ0v) is 15.9. The molecule has 1 amide bonds. The number of carbonyl (C=O) groups is 1. The average Bonchev–Trinajstić information content (AvgIpc) is 2.96. The van der Waals surface area contributed by atoms with Crippen LogP contribution < -0.4 is 10.8 Å². The second kappa shape index (κ2) is 6.18. The summed E-state index contributed by atoms with van der Waals surface area (Å²) >= 11 is 0. The van der Waals surface area contributed by atoms with Crippen molar-refractivity contribution in [2.24, 2.45) is 0 Å². The molecule has 1 aromatic heterocycles.